The van der Waals surface area contributed by atoms with Crippen molar-refractivity contribution in [2.75, 3.05) is 13.7 Å². The van der Waals surface area contributed by atoms with Crippen LogP contribution in [0.3, 0.4) is 0 Å². The fraction of sp³-hybridized carbons (Fsp3) is 0.154. The molecule has 0 aliphatic carbocycles. The number of carbonyl (C=O) groups is 1. The smallest absolute Gasteiger partial charge is 0.253 e. The minimum atomic E-state index is -0.135. The molecule has 1 N–H and O–H groups in total. The van der Waals surface area contributed by atoms with Crippen LogP contribution in [0.4, 0.5) is 0 Å². The summed E-state index contributed by atoms with van der Waals surface area (Å²) in [7, 11) is 1.65. The van der Waals surface area contributed by atoms with Crippen LogP contribution in [0.15, 0.2) is 72.6 Å². The van der Waals surface area contributed by atoms with E-state index in [9.17, 15) is 4.79 Å². The number of hydrogen-bond acceptors (Lipinski definition) is 4. The molecule has 168 valence electrons. The number of nitrogens with one attached hydrogen (secondary N) is 1. The highest BCUT2D eigenvalue weighted by Crippen LogP contribution is 2.34. The lowest BCUT2D eigenvalue weighted by atomic mass is 10.2. The molecule has 5 nitrogen and oxygen atoms in total. The van der Waals surface area contributed by atoms with Crippen LogP contribution in [-0.4, -0.2) is 29.1 Å². The van der Waals surface area contributed by atoms with E-state index < -0.39 is 0 Å². The highest BCUT2D eigenvalue weighted by atomic mass is 35.5. The maximum absolute atomic E-state index is 12.8. The summed E-state index contributed by atoms with van der Waals surface area (Å²) in [5, 5.41) is 6.38. The summed E-state index contributed by atoms with van der Waals surface area (Å²) in [6, 6.07) is 17.5. The first kappa shape index (κ1) is 22.8. The molecule has 0 fully saturated rings. The normalized spacial score (nSPS) is 10.8. The number of thiazole rings is 1. The third kappa shape index (κ3) is 4.87. The van der Waals surface area contributed by atoms with Crippen molar-refractivity contribution < 1.29 is 9.53 Å². The first-order chi connectivity index (χ1) is 16.0. The SMILES string of the molecule is C=CCNC(=O)c1cc(-c2csc(-c3ccccc3Cl)n2)n(Cc2ccc(OC)cc2)c1C. The van der Waals surface area contributed by atoms with E-state index in [1.165, 1.54) is 11.3 Å². The van der Waals surface area contributed by atoms with Gasteiger partial charge in [0, 0.05) is 29.7 Å². The molecule has 7 heteroatoms. The predicted octanol–water partition coefficient (Wildman–Crippen LogP) is 6.21. The van der Waals surface area contributed by atoms with Crippen molar-refractivity contribution in [3.63, 3.8) is 0 Å². The van der Waals surface area contributed by atoms with Crippen molar-refractivity contribution in [3.05, 3.63) is 94.5 Å². The largest absolute Gasteiger partial charge is 0.497 e. The Bertz CT molecular complexity index is 1290. The fourth-order valence-electron chi connectivity index (χ4n) is 3.61. The first-order valence-electron chi connectivity index (χ1n) is 10.4. The Morgan fingerprint density at radius 3 is 2.70 bits per heavy atom. The lowest BCUT2D eigenvalue weighted by Crippen LogP contribution is -2.23. The van der Waals surface area contributed by atoms with Crippen LogP contribution in [-0.2, 0) is 6.54 Å². The van der Waals surface area contributed by atoms with Gasteiger partial charge >= 0.3 is 0 Å². The van der Waals surface area contributed by atoms with Crippen LogP contribution < -0.4 is 10.1 Å². The zero-order chi connectivity index (χ0) is 23.4. The van der Waals surface area contributed by atoms with Gasteiger partial charge in [0.05, 0.1) is 29.1 Å². The van der Waals surface area contributed by atoms with Gasteiger partial charge in [-0.2, -0.15) is 0 Å². The minimum Gasteiger partial charge on any atom is -0.497 e. The standard InChI is InChI=1S/C26H24ClN3O2S/c1-4-13-28-25(31)21-14-24(23-16-33-26(29-23)20-7-5-6-8-22(20)27)30(17(21)2)15-18-9-11-19(32-3)12-10-18/h4-12,14,16H,1,13,15H2,2-3H3,(H,28,31). The molecule has 0 atom stereocenters. The van der Waals surface area contributed by atoms with Gasteiger partial charge in [0.2, 0.25) is 0 Å². The van der Waals surface area contributed by atoms with Crippen molar-refractivity contribution in [2.45, 2.75) is 13.5 Å². The molecule has 4 aromatic rings. The second-order valence-electron chi connectivity index (χ2n) is 7.48. The number of ether oxygens (including phenoxy) is 1. The Morgan fingerprint density at radius 1 is 1.24 bits per heavy atom. The molecule has 4 rings (SSSR count). The number of aromatic nitrogens is 2. The van der Waals surface area contributed by atoms with Gasteiger partial charge in [-0.3, -0.25) is 4.79 Å². The number of amides is 1. The fourth-order valence-corrected chi connectivity index (χ4v) is 4.75. The average Bonchev–Trinajstić information content (AvgIpc) is 3.43. The molecule has 2 aromatic heterocycles. The van der Waals surface area contributed by atoms with E-state index in [4.69, 9.17) is 21.3 Å². The lowest BCUT2D eigenvalue weighted by molar-refractivity contribution is 0.0957. The first-order valence-corrected chi connectivity index (χ1v) is 11.7. The third-order valence-corrected chi connectivity index (χ3v) is 6.59. The quantitative estimate of drug-likeness (QED) is 0.307. The second-order valence-corrected chi connectivity index (χ2v) is 8.74. The van der Waals surface area contributed by atoms with Crippen LogP contribution in [0, 0.1) is 6.92 Å². The summed E-state index contributed by atoms with van der Waals surface area (Å²) in [4.78, 5) is 17.7. The highest BCUT2D eigenvalue weighted by molar-refractivity contribution is 7.13. The summed E-state index contributed by atoms with van der Waals surface area (Å²) in [6.07, 6.45) is 1.67. The maximum atomic E-state index is 12.8. The molecule has 2 aromatic carbocycles. The number of methoxy groups -OCH3 is 1. The Morgan fingerprint density at radius 2 is 2.00 bits per heavy atom. The molecule has 0 bridgehead atoms. The van der Waals surface area contributed by atoms with Crippen LogP contribution in [0.2, 0.25) is 5.02 Å². The molecule has 0 saturated carbocycles. The number of carbonyl (C=O) groups excluding carboxylic acids is 1. The zero-order valence-corrected chi connectivity index (χ0v) is 20.0. The van der Waals surface area contributed by atoms with Gasteiger partial charge < -0.3 is 14.6 Å². The van der Waals surface area contributed by atoms with Gasteiger partial charge in [-0.15, -0.1) is 17.9 Å². The number of rotatable bonds is 8. The summed E-state index contributed by atoms with van der Waals surface area (Å²) >= 11 is 7.92. The molecule has 0 aliphatic rings. The Balaban J connectivity index is 1.76. The molecule has 0 aliphatic heterocycles. The maximum Gasteiger partial charge on any atom is 0.253 e. The van der Waals surface area contributed by atoms with Crippen LogP contribution in [0.1, 0.15) is 21.6 Å². The van der Waals surface area contributed by atoms with Crippen LogP contribution >= 0.6 is 22.9 Å². The molecular weight excluding hydrogens is 454 g/mol. The average molecular weight is 478 g/mol. The van der Waals surface area contributed by atoms with Crippen LogP contribution in [0.25, 0.3) is 22.0 Å². The summed E-state index contributed by atoms with van der Waals surface area (Å²) in [6.45, 7) is 6.64. The summed E-state index contributed by atoms with van der Waals surface area (Å²) in [5.74, 6) is 0.667. The molecule has 33 heavy (non-hydrogen) atoms. The van der Waals surface area contributed by atoms with E-state index in [1.54, 1.807) is 13.2 Å². The van der Waals surface area contributed by atoms with Gasteiger partial charge in [0.25, 0.3) is 5.91 Å². The van der Waals surface area contributed by atoms with Crippen molar-refractivity contribution >= 4 is 28.8 Å². The number of benzene rings is 2. The van der Waals surface area contributed by atoms with E-state index in [-0.39, 0.29) is 5.91 Å². The van der Waals surface area contributed by atoms with Crippen LogP contribution in [0.5, 0.6) is 5.75 Å². The number of hydrogen-bond donors (Lipinski definition) is 1. The molecule has 2 heterocycles. The monoisotopic (exact) mass is 477 g/mol. The number of nitrogens with zero attached hydrogens (tertiary/aromatic N) is 2. The van der Waals surface area contributed by atoms with E-state index in [2.05, 4.69) is 16.5 Å². The molecule has 1 amide bonds. The minimum absolute atomic E-state index is 0.135. The van der Waals surface area contributed by atoms with Gasteiger partial charge in [-0.05, 0) is 36.8 Å². The second kappa shape index (κ2) is 10.1. The summed E-state index contributed by atoms with van der Waals surface area (Å²) < 4.78 is 7.40. The molecule has 0 saturated heterocycles. The van der Waals surface area contributed by atoms with Gasteiger partial charge in [0.15, 0.2) is 0 Å². The van der Waals surface area contributed by atoms with E-state index in [1.807, 2.05) is 66.9 Å². The van der Waals surface area contributed by atoms with E-state index in [0.717, 1.165) is 39.0 Å². The Hall–Kier alpha value is -3.35. The highest BCUT2D eigenvalue weighted by Gasteiger charge is 2.20. The van der Waals surface area contributed by atoms with Crippen molar-refractivity contribution in [1.29, 1.82) is 0 Å². The van der Waals surface area contributed by atoms with E-state index >= 15 is 0 Å². The predicted molar refractivity (Wildman–Crippen MR) is 135 cm³/mol. The van der Waals surface area contributed by atoms with Gasteiger partial charge in [-0.25, -0.2) is 4.98 Å². The third-order valence-electron chi connectivity index (χ3n) is 5.39. The Labute approximate surface area is 202 Å². The lowest BCUT2D eigenvalue weighted by Gasteiger charge is -2.12. The topological polar surface area (TPSA) is 56.2 Å². The van der Waals surface area contributed by atoms with Crippen molar-refractivity contribution in [2.24, 2.45) is 0 Å². The summed E-state index contributed by atoms with van der Waals surface area (Å²) in [5.41, 5.74) is 5.15. The van der Waals surface area contributed by atoms with E-state index in [0.29, 0.717) is 23.7 Å². The molecule has 0 radical (unpaired) electrons. The number of halogens is 1. The molecule has 0 spiro atoms. The molecular formula is C26H24ClN3O2S. The Kier molecular flexibility index (Phi) is 6.96. The van der Waals surface area contributed by atoms with Gasteiger partial charge in [0.1, 0.15) is 10.8 Å². The molecule has 0 unspecified atom stereocenters. The zero-order valence-electron chi connectivity index (χ0n) is 18.5. The van der Waals surface area contributed by atoms with Crippen molar-refractivity contribution in [3.8, 4) is 27.7 Å². The van der Waals surface area contributed by atoms with Gasteiger partial charge in [-0.1, -0.05) is 48.0 Å². The van der Waals surface area contributed by atoms with Crippen molar-refractivity contribution in [1.82, 2.24) is 14.9 Å².